The highest BCUT2D eigenvalue weighted by atomic mass is 16.5. The molecule has 5 nitrogen and oxygen atoms in total. The van der Waals surface area contributed by atoms with Gasteiger partial charge in [-0.1, -0.05) is 13.8 Å². The molecule has 0 bridgehead atoms. The molecule has 1 unspecified atom stereocenters. The van der Waals surface area contributed by atoms with Crippen molar-refractivity contribution in [3.8, 4) is 11.5 Å². The minimum Gasteiger partial charge on any atom is -0.493 e. The van der Waals surface area contributed by atoms with Crippen molar-refractivity contribution in [1.29, 1.82) is 0 Å². The third kappa shape index (κ3) is 3.09. The smallest absolute Gasteiger partial charge is 0.278 e. The second kappa shape index (κ2) is 6.86. The predicted molar refractivity (Wildman–Crippen MR) is 89.7 cm³/mol. The Bertz CT molecular complexity index is 719. The molecule has 2 rings (SSSR count). The van der Waals surface area contributed by atoms with Gasteiger partial charge < -0.3 is 9.47 Å². The van der Waals surface area contributed by atoms with Crippen LogP contribution in [0.2, 0.25) is 0 Å². The summed E-state index contributed by atoms with van der Waals surface area (Å²) in [4.78, 5) is 12.8. The molecule has 23 heavy (non-hydrogen) atoms. The number of benzene rings is 1. The first kappa shape index (κ1) is 17.1. The molecule has 1 heterocycles. The molecular formula is C18H24N2O3. The molecule has 0 spiro atoms. The fourth-order valence-corrected chi connectivity index (χ4v) is 2.86. The lowest BCUT2D eigenvalue weighted by Gasteiger charge is -2.11. The first-order valence-corrected chi connectivity index (χ1v) is 7.77. The number of rotatable bonds is 5. The van der Waals surface area contributed by atoms with Crippen molar-refractivity contribution in [1.82, 2.24) is 9.78 Å². The lowest BCUT2D eigenvalue weighted by Crippen LogP contribution is -2.16. The van der Waals surface area contributed by atoms with Crippen LogP contribution in [0.15, 0.2) is 18.2 Å². The van der Waals surface area contributed by atoms with Gasteiger partial charge in [0, 0.05) is 11.3 Å². The summed E-state index contributed by atoms with van der Waals surface area (Å²) in [6.07, 6.45) is 1.01. The van der Waals surface area contributed by atoms with E-state index < -0.39 is 0 Å². The molecule has 0 saturated heterocycles. The molecule has 0 aliphatic carbocycles. The van der Waals surface area contributed by atoms with Crippen LogP contribution >= 0.6 is 0 Å². The van der Waals surface area contributed by atoms with Crippen molar-refractivity contribution < 1.29 is 14.3 Å². The Balaban J connectivity index is 2.46. The number of methoxy groups -OCH3 is 2. The summed E-state index contributed by atoms with van der Waals surface area (Å²) in [6.45, 7) is 8.19. The molecule has 0 radical (unpaired) electrons. The predicted octanol–water partition coefficient (Wildman–Crippen LogP) is 3.72. The first-order chi connectivity index (χ1) is 10.9. The molecule has 124 valence electrons. The van der Waals surface area contributed by atoms with Crippen LogP contribution in [0.3, 0.4) is 0 Å². The molecule has 0 amide bonds. The largest absolute Gasteiger partial charge is 0.493 e. The van der Waals surface area contributed by atoms with Gasteiger partial charge in [-0.25, -0.2) is 4.68 Å². The van der Waals surface area contributed by atoms with Crippen molar-refractivity contribution in [3.63, 3.8) is 0 Å². The molecule has 0 aliphatic heterocycles. The van der Waals surface area contributed by atoms with E-state index in [1.165, 1.54) is 4.68 Å². The fourth-order valence-electron chi connectivity index (χ4n) is 2.86. The van der Waals surface area contributed by atoms with Crippen LogP contribution in [0.4, 0.5) is 0 Å². The molecule has 0 saturated carbocycles. The second-order valence-electron chi connectivity index (χ2n) is 5.68. The highest BCUT2D eigenvalue weighted by Crippen LogP contribution is 2.29. The number of hydrogen-bond donors (Lipinski definition) is 0. The van der Waals surface area contributed by atoms with Crippen LogP contribution < -0.4 is 9.47 Å². The minimum absolute atomic E-state index is 0.166. The normalized spacial score (nSPS) is 12.1. The molecule has 1 atom stereocenters. The Morgan fingerprint density at radius 2 is 1.87 bits per heavy atom. The van der Waals surface area contributed by atoms with E-state index in [9.17, 15) is 4.79 Å². The monoisotopic (exact) mass is 316 g/mol. The average molecular weight is 316 g/mol. The average Bonchev–Trinajstić information content (AvgIpc) is 2.87. The molecule has 0 fully saturated rings. The summed E-state index contributed by atoms with van der Waals surface area (Å²) in [6, 6.07) is 5.14. The van der Waals surface area contributed by atoms with Gasteiger partial charge >= 0.3 is 0 Å². The Morgan fingerprint density at radius 3 is 2.43 bits per heavy atom. The van der Waals surface area contributed by atoms with E-state index in [4.69, 9.17) is 9.47 Å². The van der Waals surface area contributed by atoms with Gasteiger partial charge in [-0.05, 0) is 49.9 Å². The maximum Gasteiger partial charge on any atom is 0.278 e. The highest BCUT2D eigenvalue weighted by molar-refractivity contribution is 5.96. The maximum atomic E-state index is 12.8. The number of aryl methyl sites for hydroxylation is 1. The van der Waals surface area contributed by atoms with Crippen LogP contribution in [0.1, 0.15) is 53.5 Å². The number of hydrogen-bond acceptors (Lipinski definition) is 4. The van der Waals surface area contributed by atoms with Crippen LogP contribution in [-0.4, -0.2) is 29.9 Å². The van der Waals surface area contributed by atoms with Crippen molar-refractivity contribution in [2.75, 3.05) is 14.2 Å². The van der Waals surface area contributed by atoms with E-state index in [2.05, 4.69) is 18.9 Å². The van der Waals surface area contributed by atoms with Crippen molar-refractivity contribution >= 4 is 5.91 Å². The quantitative estimate of drug-likeness (QED) is 0.843. The number of ether oxygens (including phenoxy) is 2. The topological polar surface area (TPSA) is 53.4 Å². The zero-order valence-electron chi connectivity index (χ0n) is 14.6. The standard InChI is InChI=1S/C18H24N2O3/c1-7-11(2)17-12(3)19-20(13(17)4)18(21)14-8-9-15(22-5)16(10-14)23-6/h8-11H,7H2,1-6H3. The number of aromatic nitrogens is 2. The van der Waals surface area contributed by atoms with Gasteiger partial charge in [0.15, 0.2) is 11.5 Å². The van der Waals surface area contributed by atoms with Crippen molar-refractivity contribution in [2.24, 2.45) is 0 Å². The number of carbonyl (C=O) groups is 1. The van der Waals surface area contributed by atoms with Crippen LogP contribution in [-0.2, 0) is 0 Å². The van der Waals surface area contributed by atoms with Crippen molar-refractivity contribution in [2.45, 2.75) is 40.0 Å². The lowest BCUT2D eigenvalue weighted by molar-refractivity contribution is 0.0942. The molecule has 5 heteroatoms. The Kier molecular flexibility index (Phi) is 5.08. The van der Waals surface area contributed by atoms with E-state index >= 15 is 0 Å². The summed E-state index contributed by atoms with van der Waals surface area (Å²) < 4.78 is 12.0. The summed E-state index contributed by atoms with van der Waals surface area (Å²) in [5.74, 6) is 1.34. The summed E-state index contributed by atoms with van der Waals surface area (Å²) in [7, 11) is 3.12. The van der Waals surface area contributed by atoms with Crippen LogP contribution in [0.5, 0.6) is 11.5 Å². The lowest BCUT2D eigenvalue weighted by atomic mass is 9.97. The second-order valence-corrected chi connectivity index (χ2v) is 5.68. The van der Waals surface area contributed by atoms with Gasteiger partial charge in [-0.15, -0.1) is 0 Å². The van der Waals surface area contributed by atoms with E-state index in [1.807, 2.05) is 13.8 Å². The SMILES string of the molecule is CCC(C)c1c(C)nn(C(=O)c2ccc(OC)c(OC)c2)c1C. The van der Waals surface area contributed by atoms with E-state index in [0.29, 0.717) is 23.0 Å². The first-order valence-electron chi connectivity index (χ1n) is 7.77. The van der Waals surface area contributed by atoms with Crippen LogP contribution in [0.25, 0.3) is 0 Å². The third-order valence-electron chi connectivity index (χ3n) is 4.28. The Labute approximate surface area is 137 Å². The molecule has 1 aromatic carbocycles. The molecule has 2 aromatic rings. The van der Waals surface area contributed by atoms with Gasteiger partial charge in [0.2, 0.25) is 0 Å². The molecular weight excluding hydrogens is 292 g/mol. The summed E-state index contributed by atoms with van der Waals surface area (Å²) >= 11 is 0. The van der Waals surface area contributed by atoms with Crippen molar-refractivity contribution in [3.05, 3.63) is 40.7 Å². The van der Waals surface area contributed by atoms with E-state index in [1.54, 1.807) is 32.4 Å². The molecule has 0 N–H and O–H groups in total. The highest BCUT2D eigenvalue weighted by Gasteiger charge is 2.21. The maximum absolute atomic E-state index is 12.8. The zero-order valence-corrected chi connectivity index (χ0v) is 14.6. The molecule has 1 aromatic heterocycles. The Hall–Kier alpha value is -2.30. The minimum atomic E-state index is -0.166. The molecule has 0 aliphatic rings. The zero-order chi connectivity index (χ0) is 17.1. The number of carbonyl (C=O) groups excluding carboxylic acids is 1. The van der Waals surface area contributed by atoms with Gasteiger partial charge in [-0.3, -0.25) is 4.79 Å². The van der Waals surface area contributed by atoms with Crippen LogP contribution in [0, 0.1) is 13.8 Å². The Morgan fingerprint density at radius 1 is 1.22 bits per heavy atom. The fraction of sp³-hybridized carbons (Fsp3) is 0.444. The third-order valence-corrected chi connectivity index (χ3v) is 4.28. The van der Waals surface area contributed by atoms with Gasteiger partial charge in [0.05, 0.1) is 19.9 Å². The van der Waals surface area contributed by atoms with Gasteiger partial charge in [0.25, 0.3) is 5.91 Å². The van der Waals surface area contributed by atoms with Gasteiger partial charge in [0.1, 0.15) is 0 Å². The van der Waals surface area contributed by atoms with Gasteiger partial charge in [-0.2, -0.15) is 5.10 Å². The number of nitrogens with zero attached hydrogens (tertiary/aromatic N) is 2. The summed E-state index contributed by atoms with van der Waals surface area (Å²) in [5, 5.41) is 4.45. The summed E-state index contributed by atoms with van der Waals surface area (Å²) in [5.41, 5.74) is 3.48. The van der Waals surface area contributed by atoms with E-state index in [0.717, 1.165) is 23.4 Å². The van der Waals surface area contributed by atoms with E-state index in [-0.39, 0.29) is 5.91 Å².